The minimum atomic E-state index is -0.210. The lowest BCUT2D eigenvalue weighted by Crippen LogP contribution is -2.27. The van der Waals surface area contributed by atoms with Crippen LogP contribution in [0.25, 0.3) is 11.2 Å². The second kappa shape index (κ2) is 8.09. The second-order valence-electron chi connectivity index (χ2n) is 7.73. The molecule has 0 aliphatic heterocycles. The Morgan fingerprint density at radius 3 is 2.91 bits per heavy atom. The van der Waals surface area contributed by atoms with Crippen molar-refractivity contribution in [1.29, 1.82) is 5.41 Å². The highest BCUT2D eigenvalue weighted by molar-refractivity contribution is 6.31. The van der Waals surface area contributed by atoms with Crippen LogP contribution in [0.5, 0.6) is 0 Å². The van der Waals surface area contributed by atoms with Crippen molar-refractivity contribution in [3.63, 3.8) is 0 Å². The van der Waals surface area contributed by atoms with E-state index in [-0.39, 0.29) is 17.7 Å². The van der Waals surface area contributed by atoms with Gasteiger partial charge in [-0.1, -0.05) is 35.9 Å². The molecule has 0 saturated heterocycles. The summed E-state index contributed by atoms with van der Waals surface area (Å²) >= 11 is 6.08. The van der Waals surface area contributed by atoms with Crippen LogP contribution >= 0.6 is 11.6 Å². The summed E-state index contributed by atoms with van der Waals surface area (Å²) in [5.74, 6) is -0.210. The number of anilines is 1. The highest BCUT2D eigenvalue weighted by Gasteiger charge is 2.25. The summed E-state index contributed by atoms with van der Waals surface area (Å²) in [5.41, 5.74) is 5.72. The van der Waals surface area contributed by atoms with Crippen molar-refractivity contribution in [2.75, 3.05) is 12.4 Å². The summed E-state index contributed by atoms with van der Waals surface area (Å²) in [6.07, 6.45) is 4.98. The van der Waals surface area contributed by atoms with Crippen molar-refractivity contribution in [2.24, 2.45) is 0 Å². The molecule has 5 rings (SSSR count). The Kier molecular flexibility index (Phi) is 5.11. The van der Waals surface area contributed by atoms with Gasteiger partial charge in [0.15, 0.2) is 5.65 Å². The quantitative estimate of drug-likeness (QED) is 0.340. The Labute approximate surface area is 189 Å². The Balaban J connectivity index is 1.46. The molecule has 1 aliphatic rings. The van der Waals surface area contributed by atoms with Crippen molar-refractivity contribution in [2.45, 2.75) is 18.9 Å². The number of benzene rings is 2. The molecule has 0 fully saturated rings. The summed E-state index contributed by atoms with van der Waals surface area (Å²) < 4.78 is 0. The van der Waals surface area contributed by atoms with E-state index >= 15 is 0 Å². The number of carbonyl (C=O) groups excluding carboxylic acids is 1. The van der Waals surface area contributed by atoms with Crippen molar-refractivity contribution in [3.05, 3.63) is 87.8 Å². The summed E-state index contributed by atoms with van der Waals surface area (Å²) in [6.45, 7) is 0. The number of aryl methyl sites for hydroxylation is 1. The predicted octanol–water partition coefficient (Wildman–Crippen LogP) is 4.49. The Hall–Kier alpha value is -3.71. The van der Waals surface area contributed by atoms with Gasteiger partial charge >= 0.3 is 0 Å². The molecular weight excluding hydrogens is 424 g/mol. The molecule has 1 amide bonds. The van der Waals surface area contributed by atoms with Crippen molar-refractivity contribution in [1.82, 2.24) is 20.3 Å². The fourth-order valence-corrected chi connectivity index (χ4v) is 4.38. The highest BCUT2D eigenvalue weighted by atomic mass is 35.5. The van der Waals surface area contributed by atoms with Gasteiger partial charge in [-0.05, 0) is 42.2 Å². The third kappa shape index (κ3) is 3.50. The molecule has 160 valence electrons. The number of rotatable bonds is 5. The molecule has 4 N–H and O–H groups in total. The smallest absolute Gasteiger partial charge is 0.255 e. The van der Waals surface area contributed by atoms with Gasteiger partial charge in [0.1, 0.15) is 11.2 Å². The number of aromatic amines is 1. The molecule has 2 heterocycles. The van der Waals surface area contributed by atoms with E-state index in [2.05, 4.69) is 37.7 Å². The maximum Gasteiger partial charge on any atom is 0.255 e. The Bertz CT molecular complexity index is 1360. The highest BCUT2D eigenvalue weighted by Crippen LogP contribution is 2.31. The van der Waals surface area contributed by atoms with Gasteiger partial charge in [0.25, 0.3) is 5.91 Å². The standard InChI is InChI=1S/C24H21ClN6O/c1-27-19-10-14(25)7-8-16(19)21(26)20-12-29-23-22(30-20)17(11-28-23)24(32)31-18-9-6-13-4-2-3-5-15(13)18/h2-5,7-8,10-12,18,26-27H,6,9H2,1H3,(H,28,29)(H,31,32). The molecule has 1 unspecified atom stereocenters. The number of fused-ring (bicyclic) bond motifs is 2. The largest absolute Gasteiger partial charge is 0.388 e. The van der Waals surface area contributed by atoms with Crippen molar-refractivity contribution in [3.8, 4) is 0 Å². The number of nitrogens with zero attached hydrogens (tertiary/aromatic N) is 2. The monoisotopic (exact) mass is 444 g/mol. The van der Waals surface area contributed by atoms with Crippen LogP contribution in [-0.4, -0.2) is 33.6 Å². The fraction of sp³-hybridized carbons (Fsp3) is 0.167. The van der Waals surface area contributed by atoms with Gasteiger partial charge in [-0.15, -0.1) is 0 Å². The third-order valence-corrected chi connectivity index (χ3v) is 6.08. The Morgan fingerprint density at radius 2 is 2.06 bits per heavy atom. The number of aromatic nitrogens is 3. The van der Waals surface area contributed by atoms with E-state index in [1.54, 1.807) is 31.4 Å². The van der Waals surface area contributed by atoms with Gasteiger partial charge in [0, 0.05) is 29.5 Å². The number of hydrogen-bond donors (Lipinski definition) is 4. The minimum absolute atomic E-state index is 0.0228. The van der Waals surface area contributed by atoms with Crippen LogP contribution in [0, 0.1) is 5.41 Å². The van der Waals surface area contributed by atoms with E-state index in [9.17, 15) is 4.79 Å². The van der Waals surface area contributed by atoms with E-state index in [1.165, 1.54) is 11.8 Å². The van der Waals surface area contributed by atoms with Gasteiger partial charge in [-0.25, -0.2) is 9.97 Å². The first-order chi connectivity index (χ1) is 15.5. The average Bonchev–Trinajstić information content (AvgIpc) is 3.42. The molecule has 8 heteroatoms. The molecule has 0 radical (unpaired) electrons. The normalized spacial score (nSPS) is 14.9. The van der Waals surface area contributed by atoms with Crippen LogP contribution in [0.3, 0.4) is 0 Å². The SMILES string of the molecule is CNc1cc(Cl)ccc1C(=N)c1cnc2[nH]cc(C(=O)NC3CCc4ccccc43)c2n1. The lowest BCUT2D eigenvalue weighted by Gasteiger charge is -2.14. The third-order valence-electron chi connectivity index (χ3n) is 5.84. The number of H-pyrrole nitrogens is 1. The van der Waals surface area contributed by atoms with E-state index in [4.69, 9.17) is 17.0 Å². The summed E-state index contributed by atoms with van der Waals surface area (Å²) in [7, 11) is 1.77. The van der Waals surface area contributed by atoms with Crippen LogP contribution in [0.4, 0.5) is 5.69 Å². The lowest BCUT2D eigenvalue weighted by molar-refractivity contribution is 0.0938. The van der Waals surface area contributed by atoms with E-state index in [1.807, 2.05) is 12.1 Å². The van der Waals surface area contributed by atoms with E-state index in [0.29, 0.717) is 33.0 Å². The predicted molar refractivity (Wildman–Crippen MR) is 126 cm³/mol. The number of hydrogen-bond acceptors (Lipinski definition) is 5. The van der Waals surface area contributed by atoms with Gasteiger partial charge in [-0.3, -0.25) is 10.2 Å². The number of amides is 1. The van der Waals surface area contributed by atoms with Gasteiger partial charge in [0.05, 0.1) is 23.5 Å². The molecular formula is C24H21ClN6O. The zero-order valence-corrected chi connectivity index (χ0v) is 18.1. The van der Waals surface area contributed by atoms with Crippen LogP contribution in [0.1, 0.15) is 45.2 Å². The van der Waals surface area contributed by atoms with E-state index in [0.717, 1.165) is 24.1 Å². The van der Waals surface area contributed by atoms with Crippen LogP contribution in [-0.2, 0) is 6.42 Å². The van der Waals surface area contributed by atoms with Gasteiger partial charge < -0.3 is 15.6 Å². The average molecular weight is 445 g/mol. The molecule has 2 aromatic carbocycles. The van der Waals surface area contributed by atoms with Crippen molar-refractivity contribution >= 4 is 40.1 Å². The first kappa shape index (κ1) is 20.2. The minimum Gasteiger partial charge on any atom is -0.388 e. The molecule has 0 spiro atoms. The molecule has 0 saturated carbocycles. The maximum absolute atomic E-state index is 13.1. The van der Waals surface area contributed by atoms with Crippen LogP contribution in [0.2, 0.25) is 5.02 Å². The van der Waals surface area contributed by atoms with Gasteiger partial charge in [-0.2, -0.15) is 0 Å². The topological polar surface area (TPSA) is 107 Å². The molecule has 1 atom stereocenters. The molecule has 32 heavy (non-hydrogen) atoms. The first-order valence-corrected chi connectivity index (χ1v) is 10.7. The molecule has 7 nitrogen and oxygen atoms in total. The zero-order valence-electron chi connectivity index (χ0n) is 17.4. The van der Waals surface area contributed by atoms with Crippen molar-refractivity contribution < 1.29 is 4.79 Å². The first-order valence-electron chi connectivity index (χ1n) is 10.3. The number of carbonyl (C=O) groups is 1. The maximum atomic E-state index is 13.1. The molecule has 0 bridgehead atoms. The second-order valence-corrected chi connectivity index (χ2v) is 8.17. The summed E-state index contributed by atoms with van der Waals surface area (Å²) in [6, 6.07) is 13.4. The lowest BCUT2D eigenvalue weighted by atomic mass is 10.1. The molecule has 2 aromatic heterocycles. The summed E-state index contributed by atoms with van der Waals surface area (Å²) in [5, 5.41) is 15.4. The van der Waals surface area contributed by atoms with Gasteiger partial charge in [0.2, 0.25) is 0 Å². The Morgan fingerprint density at radius 1 is 1.22 bits per heavy atom. The number of nitrogens with one attached hydrogen (secondary N) is 4. The summed E-state index contributed by atoms with van der Waals surface area (Å²) in [4.78, 5) is 25.1. The fourth-order valence-electron chi connectivity index (χ4n) is 4.21. The molecule has 4 aromatic rings. The molecule has 1 aliphatic carbocycles. The zero-order chi connectivity index (χ0) is 22.2. The van der Waals surface area contributed by atoms with Crippen LogP contribution in [0.15, 0.2) is 54.9 Å². The number of halogens is 1. The van der Waals surface area contributed by atoms with E-state index < -0.39 is 0 Å². The van der Waals surface area contributed by atoms with Crippen LogP contribution < -0.4 is 10.6 Å².